The van der Waals surface area contributed by atoms with E-state index in [-0.39, 0.29) is 11.5 Å². The van der Waals surface area contributed by atoms with E-state index in [1.54, 1.807) is 13.3 Å². The number of nitrogens with one attached hydrogen (secondary N) is 1. The van der Waals surface area contributed by atoms with Gasteiger partial charge in [-0.2, -0.15) is 0 Å². The van der Waals surface area contributed by atoms with Crippen LogP contribution in [-0.4, -0.2) is 12.1 Å². The molecule has 102 valence electrons. The van der Waals surface area contributed by atoms with Gasteiger partial charge in [0.15, 0.2) is 0 Å². The van der Waals surface area contributed by atoms with E-state index in [0.717, 1.165) is 17.9 Å². The van der Waals surface area contributed by atoms with Gasteiger partial charge in [-0.05, 0) is 29.9 Å². The average molecular weight is 251 g/mol. The van der Waals surface area contributed by atoms with Crippen molar-refractivity contribution in [2.24, 2.45) is 17.2 Å². The zero-order valence-corrected chi connectivity index (χ0v) is 12.0. The summed E-state index contributed by atoms with van der Waals surface area (Å²) >= 11 is 0. The maximum atomic E-state index is 5.67. The minimum absolute atomic E-state index is 0.00961. The van der Waals surface area contributed by atoms with Crippen molar-refractivity contribution in [3.05, 3.63) is 24.0 Å². The molecule has 0 aliphatic rings. The van der Waals surface area contributed by atoms with E-state index in [1.165, 1.54) is 0 Å². The number of ether oxygens (including phenoxy) is 1. The lowest BCUT2D eigenvalue weighted by Crippen LogP contribution is -2.32. The first kappa shape index (κ1) is 14.9. The van der Waals surface area contributed by atoms with Crippen LogP contribution in [-0.2, 0) is 0 Å². The molecule has 2 atom stereocenters. The minimum Gasteiger partial charge on any atom is -0.495 e. The number of hydrogen-bond acceptors (Lipinski definition) is 4. The Balaban J connectivity index is 2.90. The van der Waals surface area contributed by atoms with Crippen molar-refractivity contribution in [2.45, 2.75) is 40.2 Å². The van der Waals surface area contributed by atoms with Crippen LogP contribution in [0.4, 0.5) is 0 Å². The van der Waals surface area contributed by atoms with E-state index < -0.39 is 0 Å². The fourth-order valence-corrected chi connectivity index (χ4v) is 1.80. The van der Waals surface area contributed by atoms with Crippen molar-refractivity contribution >= 4 is 0 Å². The lowest BCUT2D eigenvalue weighted by molar-refractivity contribution is 0.220. The summed E-state index contributed by atoms with van der Waals surface area (Å²) in [7, 11) is 1.65. The quantitative estimate of drug-likeness (QED) is 0.624. The molecule has 0 amide bonds. The highest BCUT2D eigenvalue weighted by Gasteiger charge is 2.26. The Morgan fingerprint density at radius 2 is 2.11 bits per heavy atom. The first-order valence-corrected chi connectivity index (χ1v) is 6.35. The van der Waals surface area contributed by atoms with Gasteiger partial charge >= 0.3 is 0 Å². The highest BCUT2D eigenvalue weighted by molar-refractivity contribution is 5.29. The maximum absolute atomic E-state index is 5.67. The Morgan fingerprint density at radius 1 is 1.44 bits per heavy atom. The topological polar surface area (TPSA) is 60.2 Å². The number of hydrazine groups is 1. The number of nitrogens with zero attached hydrogens (tertiary/aromatic N) is 1. The average Bonchev–Trinajstić information content (AvgIpc) is 2.34. The zero-order valence-electron chi connectivity index (χ0n) is 12.0. The van der Waals surface area contributed by atoms with Gasteiger partial charge in [0, 0.05) is 6.20 Å². The van der Waals surface area contributed by atoms with Gasteiger partial charge < -0.3 is 4.74 Å². The van der Waals surface area contributed by atoms with Gasteiger partial charge in [0.25, 0.3) is 0 Å². The van der Waals surface area contributed by atoms with Crippen molar-refractivity contribution in [1.82, 2.24) is 10.4 Å². The van der Waals surface area contributed by atoms with Crippen LogP contribution in [0.3, 0.4) is 0 Å². The van der Waals surface area contributed by atoms with Crippen LogP contribution in [0, 0.1) is 11.3 Å². The molecule has 1 aromatic heterocycles. The number of aromatic nitrogens is 1. The third-order valence-electron chi connectivity index (χ3n) is 3.62. The minimum atomic E-state index is 0.00961. The molecule has 0 aliphatic heterocycles. The highest BCUT2D eigenvalue weighted by Crippen LogP contribution is 2.34. The van der Waals surface area contributed by atoms with Gasteiger partial charge in [0.1, 0.15) is 11.4 Å². The molecule has 1 rings (SSSR count). The molecule has 0 saturated heterocycles. The second kappa shape index (κ2) is 6.16. The van der Waals surface area contributed by atoms with E-state index in [4.69, 9.17) is 10.6 Å². The van der Waals surface area contributed by atoms with Crippen molar-refractivity contribution in [2.75, 3.05) is 7.11 Å². The number of rotatable bonds is 5. The molecule has 3 N–H and O–H groups in total. The van der Waals surface area contributed by atoms with Crippen molar-refractivity contribution in [1.29, 1.82) is 0 Å². The Hall–Kier alpha value is -1.13. The SMILES string of the molecule is COc1cccnc1C(CC(C)C(C)(C)C)NN. The molecule has 0 aromatic carbocycles. The second-order valence-corrected chi connectivity index (χ2v) is 5.81. The van der Waals surface area contributed by atoms with Gasteiger partial charge in [0.2, 0.25) is 0 Å². The van der Waals surface area contributed by atoms with Gasteiger partial charge in [-0.15, -0.1) is 0 Å². The van der Waals surface area contributed by atoms with E-state index in [1.807, 2.05) is 12.1 Å². The van der Waals surface area contributed by atoms with Gasteiger partial charge in [-0.3, -0.25) is 16.3 Å². The number of hydrogen-bond donors (Lipinski definition) is 2. The van der Waals surface area contributed by atoms with E-state index in [2.05, 4.69) is 38.1 Å². The monoisotopic (exact) mass is 251 g/mol. The first-order chi connectivity index (χ1) is 8.40. The molecule has 0 spiro atoms. The lowest BCUT2D eigenvalue weighted by Gasteiger charge is -2.30. The second-order valence-electron chi connectivity index (χ2n) is 5.81. The van der Waals surface area contributed by atoms with Gasteiger partial charge in [-0.1, -0.05) is 27.7 Å². The Labute approximate surface area is 110 Å². The first-order valence-electron chi connectivity index (χ1n) is 6.35. The summed E-state index contributed by atoms with van der Waals surface area (Å²) in [4.78, 5) is 4.39. The van der Waals surface area contributed by atoms with E-state index >= 15 is 0 Å². The number of nitrogens with two attached hydrogens (primary N) is 1. The fraction of sp³-hybridized carbons (Fsp3) is 0.643. The summed E-state index contributed by atoms with van der Waals surface area (Å²) in [6, 6.07) is 3.78. The highest BCUT2D eigenvalue weighted by atomic mass is 16.5. The van der Waals surface area contributed by atoms with E-state index in [9.17, 15) is 0 Å². The van der Waals surface area contributed by atoms with Crippen LogP contribution in [0.2, 0.25) is 0 Å². The van der Waals surface area contributed by atoms with Gasteiger partial charge in [0.05, 0.1) is 13.2 Å². The molecular weight excluding hydrogens is 226 g/mol. The van der Waals surface area contributed by atoms with Crippen LogP contribution in [0.1, 0.15) is 45.9 Å². The summed E-state index contributed by atoms with van der Waals surface area (Å²) in [6.45, 7) is 8.95. The normalized spacial score (nSPS) is 15.2. The maximum Gasteiger partial charge on any atom is 0.142 e. The summed E-state index contributed by atoms with van der Waals surface area (Å²) in [5, 5.41) is 0. The molecule has 18 heavy (non-hydrogen) atoms. The summed E-state index contributed by atoms with van der Waals surface area (Å²) < 4.78 is 5.34. The van der Waals surface area contributed by atoms with Crippen molar-refractivity contribution in [3.63, 3.8) is 0 Å². The standard InChI is InChI=1S/C14H25N3O/c1-10(14(2,3)4)9-11(17-15)13-12(18-5)7-6-8-16-13/h6-8,10-11,17H,9,15H2,1-5H3. The van der Waals surface area contributed by atoms with Crippen LogP contribution in [0.5, 0.6) is 5.75 Å². The van der Waals surface area contributed by atoms with Crippen LogP contribution in [0.25, 0.3) is 0 Å². The molecular formula is C14H25N3O. The molecule has 1 heterocycles. The predicted octanol–water partition coefficient (Wildman–Crippen LogP) is 2.67. The summed E-state index contributed by atoms with van der Waals surface area (Å²) in [5.74, 6) is 6.97. The number of methoxy groups -OCH3 is 1. The molecule has 2 unspecified atom stereocenters. The molecule has 0 radical (unpaired) electrons. The molecule has 0 aliphatic carbocycles. The van der Waals surface area contributed by atoms with Crippen LogP contribution >= 0.6 is 0 Å². The Bertz CT molecular complexity index is 374. The molecule has 0 fully saturated rings. The predicted molar refractivity (Wildman–Crippen MR) is 74.1 cm³/mol. The largest absolute Gasteiger partial charge is 0.495 e. The molecule has 4 nitrogen and oxygen atoms in total. The third-order valence-corrected chi connectivity index (χ3v) is 3.62. The van der Waals surface area contributed by atoms with Gasteiger partial charge in [-0.25, -0.2) is 0 Å². The summed E-state index contributed by atoms with van der Waals surface area (Å²) in [6.07, 6.45) is 2.69. The molecule has 0 bridgehead atoms. The Kier molecular flexibility index (Phi) is 5.11. The molecule has 4 heteroatoms. The van der Waals surface area contributed by atoms with Crippen molar-refractivity contribution in [3.8, 4) is 5.75 Å². The number of pyridine rings is 1. The lowest BCUT2D eigenvalue weighted by atomic mass is 9.78. The fourth-order valence-electron chi connectivity index (χ4n) is 1.80. The Morgan fingerprint density at radius 3 is 2.61 bits per heavy atom. The molecule has 0 saturated carbocycles. The third kappa shape index (κ3) is 3.68. The van der Waals surface area contributed by atoms with E-state index in [0.29, 0.717) is 5.92 Å². The van der Waals surface area contributed by atoms with Crippen molar-refractivity contribution < 1.29 is 4.74 Å². The zero-order chi connectivity index (χ0) is 13.8. The molecule has 1 aromatic rings. The smallest absolute Gasteiger partial charge is 0.142 e. The van der Waals surface area contributed by atoms with Crippen LogP contribution < -0.4 is 16.0 Å². The summed E-state index contributed by atoms with van der Waals surface area (Å²) in [5.41, 5.74) is 3.97. The van der Waals surface area contributed by atoms with Crippen LogP contribution in [0.15, 0.2) is 18.3 Å².